The summed E-state index contributed by atoms with van der Waals surface area (Å²) in [5.41, 5.74) is 1.75. The molecule has 0 bridgehead atoms. The Morgan fingerprint density at radius 3 is 2.20 bits per heavy atom. The van der Waals surface area contributed by atoms with E-state index in [1.54, 1.807) is 24.3 Å². The Morgan fingerprint density at radius 2 is 1.55 bits per heavy atom. The number of rotatable bonds is 2. The molecule has 2 amide bonds. The van der Waals surface area contributed by atoms with E-state index in [0.29, 0.717) is 11.3 Å². The van der Waals surface area contributed by atoms with Gasteiger partial charge in [0, 0.05) is 38.8 Å². The number of nitrogens with zero attached hydrogens (tertiary/aromatic N) is 1. The third-order valence-corrected chi connectivity index (χ3v) is 2.97. The second kappa shape index (κ2) is 6.25. The third-order valence-electron chi connectivity index (χ3n) is 2.97. The van der Waals surface area contributed by atoms with Crippen LogP contribution in [0.1, 0.15) is 5.56 Å². The number of amides is 2. The van der Waals surface area contributed by atoms with E-state index in [0.717, 1.165) is 5.56 Å². The van der Waals surface area contributed by atoms with Gasteiger partial charge in [-0.2, -0.15) is 18.2 Å². The topological polar surface area (TPSA) is 37.4 Å². The van der Waals surface area contributed by atoms with Gasteiger partial charge in [-0.15, -0.1) is 12.1 Å². The monoisotopic (exact) mass is 337 g/mol. The fourth-order valence-corrected chi connectivity index (χ4v) is 2.07. The first-order chi connectivity index (χ1) is 9.27. The van der Waals surface area contributed by atoms with E-state index in [1.165, 1.54) is 11.0 Å². The summed E-state index contributed by atoms with van der Waals surface area (Å²) in [5.74, 6) is -0.600. The van der Waals surface area contributed by atoms with E-state index in [1.807, 2.05) is 30.3 Å². The van der Waals surface area contributed by atoms with E-state index in [4.69, 9.17) is 0 Å². The van der Waals surface area contributed by atoms with Gasteiger partial charge >= 0.3 is 0 Å². The number of benzene rings is 2. The molecule has 0 spiro atoms. The molecule has 3 rings (SSSR count). The van der Waals surface area contributed by atoms with Crippen LogP contribution in [0, 0.1) is 6.07 Å². The molecule has 0 aliphatic carbocycles. The summed E-state index contributed by atoms with van der Waals surface area (Å²) < 4.78 is 0. The van der Waals surface area contributed by atoms with Gasteiger partial charge in [-0.1, -0.05) is 36.0 Å². The number of anilines is 1. The predicted molar refractivity (Wildman–Crippen MR) is 72.2 cm³/mol. The molecular weight excluding hydrogens is 327 g/mol. The molecule has 0 aromatic heterocycles. The maximum Gasteiger partial charge on any atom is 0.264 e. The van der Waals surface area contributed by atoms with E-state index in [-0.39, 0.29) is 44.5 Å². The Morgan fingerprint density at radius 1 is 0.900 bits per heavy atom. The van der Waals surface area contributed by atoms with Crippen LogP contribution in [0.3, 0.4) is 0 Å². The van der Waals surface area contributed by atoms with Crippen molar-refractivity contribution in [3.8, 4) is 0 Å². The Hall–Kier alpha value is -1.58. The molecule has 1 heterocycles. The minimum absolute atomic E-state index is 0. The summed E-state index contributed by atoms with van der Waals surface area (Å²) in [6, 6.07) is 18.8. The molecule has 0 saturated heterocycles. The molecule has 0 N–H and O–H groups in total. The van der Waals surface area contributed by atoms with Gasteiger partial charge in [0.05, 0.1) is 5.57 Å². The summed E-state index contributed by atoms with van der Waals surface area (Å²) >= 11 is 0. The molecule has 0 saturated carbocycles. The number of carbonyl (C=O) groups is 2. The second-order valence-corrected chi connectivity index (χ2v) is 4.16. The van der Waals surface area contributed by atoms with Gasteiger partial charge in [0.1, 0.15) is 0 Å². The summed E-state index contributed by atoms with van der Waals surface area (Å²) in [6.07, 6.45) is 1.38. The van der Waals surface area contributed by atoms with Gasteiger partial charge in [-0.3, -0.25) is 14.5 Å². The molecule has 1 aliphatic heterocycles. The summed E-state index contributed by atoms with van der Waals surface area (Å²) in [6.45, 7) is 0. The van der Waals surface area contributed by atoms with Crippen molar-refractivity contribution in [3.05, 3.63) is 72.3 Å². The molecule has 2 aromatic carbocycles. The van der Waals surface area contributed by atoms with Gasteiger partial charge in [-0.05, 0) is 5.56 Å². The molecule has 4 heteroatoms. The number of hydrogen-bond donors (Lipinski definition) is 0. The molecule has 3 nitrogen and oxygen atoms in total. The molecular formula is C16H10NO2Y-. The minimum atomic E-state index is -0.310. The normalized spacial score (nSPS) is 14.0. The van der Waals surface area contributed by atoms with Crippen molar-refractivity contribution in [2.75, 3.05) is 4.90 Å². The number of hydrogen-bond acceptors (Lipinski definition) is 2. The van der Waals surface area contributed by atoms with Crippen LogP contribution in [0.15, 0.2) is 60.7 Å². The third kappa shape index (κ3) is 2.65. The fraction of sp³-hybridized carbons (Fsp3) is 0. The minimum Gasteiger partial charge on any atom is -0.269 e. The smallest absolute Gasteiger partial charge is 0.264 e. The van der Waals surface area contributed by atoms with Gasteiger partial charge in [0.2, 0.25) is 0 Å². The average Bonchev–Trinajstić information content (AvgIpc) is 2.76. The van der Waals surface area contributed by atoms with Crippen LogP contribution < -0.4 is 4.90 Å². The van der Waals surface area contributed by atoms with Crippen molar-refractivity contribution >= 4 is 23.1 Å². The average molecular weight is 337 g/mol. The molecule has 20 heavy (non-hydrogen) atoms. The molecule has 1 radical (unpaired) electrons. The first-order valence-corrected chi connectivity index (χ1v) is 5.89. The van der Waals surface area contributed by atoms with Crippen molar-refractivity contribution in [1.29, 1.82) is 0 Å². The number of imide groups is 1. The van der Waals surface area contributed by atoms with Crippen LogP contribution in [0.25, 0.3) is 5.57 Å². The zero-order chi connectivity index (χ0) is 13.2. The fourth-order valence-electron chi connectivity index (χ4n) is 2.07. The second-order valence-electron chi connectivity index (χ2n) is 4.16. The van der Waals surface area contributed by atoms with Gasteiger partial charge in [-0.25, -0.2) is 0 Å². The molecule has 95 valence electrons. The molecule has 2 aromatic rings. The summed E-state index contributed by atoms with van der Waals surface area (Å²) in [5, 5.41) is 0. The Kier molecular flexibility index (Phi) is 4.63. The van der Waals surface area contributed by atoms with Crippen LogP contribution in [-0.4, -0.2) is 11.8 Å². The van der Waals surface area contributed by atoms with Crippen molar-refractivity contribution < 1.29 is 42.3 Å². The Balaban J connectivity index is 0.00000147. The zero-order valence-electron chi connectivity index (χ0n) is 10.6. The summed E-state index contributed by atoms with van der Waals surface area (Å²) in [4.78, 5) is 25.5. The molecule has 0 atom stereocenters. The quantitative estimate of drug-likeness (QED) is 0.624. The van der Waals surface area contributed by atoms with Crippen molar-refractivity contribution in [2.45, 2.75) is 0 Å². The van der Waals surface area contributed by atoms with E-state index >= 15 is 0 Å². The Labute approximate surface area is 142 Å². The SMILES string of the molecule is O=C1C=C(c2ccccc2)C(=O)N1c1cc[c-]cc1.[Y]. The maximum atomic E-state index is 12.3. The van der Waals surface area contributed by atoms with E-state index < -0.39 is 0 Å². The van der Waals surface area contributed by atoms with E-state index in [2.05, 4.69) is 6.07 Å². The van der Waals surface area contributed by atoms with Crippen molar-refractivity contribution in [2.24, 2.45) is 0 Å². The molecule has 1 aliphatic rings. The van der Waals surface area contributed by atoms with Crippen LogP contribution in [0.5, 0.6) is 0 Å². The van der Waals surface area contributed by atoms with Crippen LogP contribution in [0.4, 0.5) is 5.69 Å². The van der Waals surface area contributed by atoms with Crippen LogP contribution >= 0.6 is 0 Å². The molecule has 0 unspecified atom stereocenters. The van der Waals surface area contributed by atoms with Crippen LogP contribution in [0.2, 0.25) is 0 Å². The van der Waals surface area contributed by atoms with Gasteiger partial charge in [0.15, 0.2) is 0 Å². The Bertz CT molecular complexity index is 665. The standard InChI is InChI=1S/C16H10NO2.Y/c18-15-11-14(12-7-3-1-4-8-12)16(19)17(15)13-9-5-2-6-10-13;/h1,3-11H;/q-1;. The van der Waals surface area contributed by atoms with Crippen molar-refractivity contribution in [1.82, 2.24) is 0 Å². The van der Waals surface area contributed by atoms with Gasteiger partial charge < -0.3 is 0 Å². The van der Waals surface area contributed by atoms with E-state index in [9.17, 15) is 9.59 Å². The van der Waals surface area contributed by atoms with Gasteiger partial charge in [0.25, 0.3) is 11.8 Å². The predicted octanol–water partition coefficient (Wildman–Crippen LogP) is 2.44. The summed E-state index contributed by atoms with van der Waals surface area (Å²) in [7, 11) is 0. The first-order valence-electron chi connectivity index (χ1n) is 5.89. The number of carbonyl (C=O) groups excluding carboxylic acids is 2. The molecule has 0 fully saturated rings. The zero-order valence-corrected chi connectivity index (χ0v) is 13.5. The van der Waals surface area contributed by atoms with Crippen molar-refractivity contribution in [3.63, 3.8) is 0 Å². The first kappa shape index (κ1) is 14.8. The van der Waals surface area contributed by atoms with Crippen LogP contribution in [-0.2, 0) is 42.3 Å². The largest absolute Gasteiger partial charge is 0.269 e. The maximum absolute atomic E-state index is 12.3.